The number of amides is 1. The van der Waals surface area contributed by atoms with Crippen LogP contribution in [0, 0.1) is 6.92 Å². The third kappa shape index (κ3) is 6.86. The Morgan fingerprint density at radius 1 is 1.00 bits per heavy atom. The number of carboxylic acids is 1. The molecule has 0 aliphatic heterocycles. The van der Waals surface area contributed by atoms with Crippen LogP contribution in [0.15, 0.2) is 72.8 Å². The molecule has 0 saturated carbocycles. The summed E-state index contributed by atoms with van der Waals surface area (Å²) in [7, 11) is 0. The van der Waals surface area contributed by atoms with E-state index in [0.29, 0.717) is 23.8 Å². The summed E-state index contributed by atoms with van der Waals surface area (Å²) in [5.74, 6) is -1.49. The zero-order valence-corrected chi connectivity index (χ0v) is 20.7. The highest BCUT2D eigenvalue weighted by Crippen LogP contribution is 2.27. The second-order valence-electron chi connectivity index (χ2n) is 7.92. The van der Waals surface area contributed by atoms with Crippen LogP contribution in [0.2, 0.25) is 5.02 Å². The molecule has 34 heavy (non-hydrogen) atoms. The van der Waals surface area contributed by atoms with Crippen LogP contribution in [0.3, 0.4) is 0 Å². The minimum atomic E-state index is -1.08. The molecular formula is C27H28ClNO4S. The molecule has 0 aliphatic carbocycles. The van der Waals surface area contributed by atoms with Gasteiger partial charge in [-0.1, -0.05) is 72.3 Å². The van der Waals surface area contributed by atoms with Gasteiger partial charge in [0.2, 0.25) is 0 Å². The van der Waals surface area contributed by atoms with Crippen LogP contribution in [-0.2, 0) is 16.1 Å². The quantitative estimate of drug-likeness (QED) is 0.348. The molecule has 3 aromatic carbocycles. The van der Waals surface area contributed by atoms with E-state index in [2.05, 4.69) is 5.32 Å². The Bertz CT molecular complexity index is 1140. The lowest BCUT2D eigenvalue weighted by molar-refractivity contribution is -0.139. The Morgan fingerprint density at radius 2 is 1.65 bits per heavy atom. The van der Waals surface area contributed by atoms with Crippen molar-refractivity contribution in [3.05, 3.63) is 94.5 Å². The van der Waals surface area contributed by atoms with Crippen LogP contribution < -0.4 is 5.32 Å². The van der Waals surface area contributed by atoms with Crippen LogP contribution in [0.5, 0.6) is 0 Å². The molecule has 178 valence electrons. The number of carbonyl (C=O) groups is 2. The molecule has 0 aliphatic rings. The van der Waals surface area contributed by atoms with E-state index in [1.54, 1.807) is 18.2 Å². The predicted octanol–water partition coefficient (Wildman–Crippen LogP) is 5.84. The summed E-state index contributed by atoms with van der Waals surface area (Å²) < 4.78 is 5.80. The van der Waals surface area contributed by atoms with Crippen molar-refractivity contribution < 1.29 is 19.4 Å². The van der Waals surface area contributed by atoms with Crippen molar-refractivity contribution in [1.82, 2.24) is 5.32 Å². The third-order valence-corrected chi connectivity index (χ3v) is 6.93. The number of nitrogens with one attached hydrogen (secondary N) is 1. The van der Waals surface area contributed by atoms with Crippen LogP contribution in [0.4, 0.5) is 0 Å². The second-order valence-corrected chi connectivity index (χ2v) is 9.47. The van der Waals surface area contributed by atoms with E-state index in [4.69, 9.17) is 16.3 Å². The van der Waals surface area contributed by atoms with Gasteiger partial charge >= 0.3 is 5.97 Å². The Morgan fingerprint density at radius 3 is 2.32 bits per heavy atom. The van der Waals surface area contributed by atoms with Crippen LogP contribution in [0.1, 0.15) is 27.9 Å². The average Bonchev–Trinajstić information content (AvgIpc) is 2.84. The highest BCUT2D eigenvalue weighted by molar-refractivity contribution is 7.99. The maximum absolute atomic E-state index is 13.1. The fraction of sp³-hybridized carbons (Fsp3) is 0.259. The van der Waals surface area contributed by atoms with Crippen molar-refractivity contribution in [1.29, 1.82) is 0 Å². The maximum Gasteiger partial charge on any atom is 0.326 e. The van der Waals surface area contributed by atoms with Crippen LogP contribution >= 0.6 is 23.4 Å². The first-order valence-corrected chi connectivity index (χ1v) is 12.6. The molecule has 2 N–H and O–H groups in total. The van der Waals surface area contributed by atoms with Crippen molar-refractivity contribution in [2.24, 2.45) is 0 Å². The zero-order valence-electron chi connectivity index (χ0n) is 19.2. The fourth-order valence-corrected chi connectivity index (χ4v) is 4.47. The fourth-order valence-electron chi connectivity index (χ4n) is 3.66. The lowest BCUT2D eigenvalue weighted by Gasteiger charge is -2.21. The van der Waals surface area contributed by atoms with Gasteiger partial charge in [-0.2, -0.15) is 11.8 Å². The zero-order chi connectivity index (χ0) is 24.5. The largest absolute Gasteiger partial charge is 0.480 e. The summed E-state index contributed by atoms with van der Waals surface area (Å²) in [4.78, 5) is 25.1. The summed E-state index contributed by atoms with van der Waals surface area (Å²) in [5, 5.41) is 13.0. The van der Waals surface area contributed by atoms with E-state index in [9.17, 15) is 14.7 Å². The molecule has 1 amide bonds. The number of thioether (sulfide) groups is 1. The maximum atomic E-state index is 13.1. The molecule has 0 bridgehead atoms. The second kappa shape index (κ2) is 12.6. The SMILES string of the molecule is CSC(COCc1ccccc1Cl)CC(NC(=O)c1ccccc1-c1ccccc1C)C(=O)O. The van der Waals surface area contributed by atoms with Crippen molar-refractivity contribution in [3.8, 4) is 11.1 Å². The van der Waals surface area contributed by atoms with E-state index < -0.39 is 17.9 Å². The molecule has 0 heterocycles. The lowest BCUT2D eigenvalue weighted by atomic mass is 9.95. The molecule has 3 rings (SSSR count). The monoisotopic (exact) mass is 497 g/mol. The summed E-state index contributed by atoms with van der Waals surface area (Å²) in [5.41, 5.74) is 4.07. The smallest absolute Gasteiger partial charge is 0.326 e. The summed E-state index contributed by atoms with van der Waals surface area (Å²) >= 11 is 7.68. The minimum Gasteiger partial charge on any atom is -0.480 e. The van der Waals surface area contributed by atoms with Crippen LogP contribution in [0.25, 0.3) is 11.1 Å². The highest BCUT2D eigenvalue weighted by atomic mass is 35.5. The Balaban J connectivity index is 1.68. The van der Waals surface area contributed by atoms with E-state index >= 15 is 0 Å². The van der Waals surface area contributed by atoms with Gasteiger partial charge in [-0.3, -0.25) is 4.79 Å². The number of hydrogen-bond donors (Lipinski definition) is 2. The van der Waals surface area contributed by atoms with Crippen molar-refractivity contribution >= 4 is 35.2 Å². The van der Waals surface area contributed by atoms with E-state index in [-0.39, 0.29) is 11.7 Å². The molecule has 2 atom stereocenters. The highest BCUT2D eigenvalue weighted by Gasteiger charge is 2.26. The van der Waals surface area contributed by atoms with Gasteiger partial charge in [0.25, 0.3) is 5.91 Å². The molecule has 5 nitrogen and oxygen atoms in total. The summed E-state index contributed by atoms with van der Waals surface area (Å²) in [6, 6.07) is 21.4. The number of halogens is 1. The summed E-state index contributed by atoms with van der Waals surface area (Å²) in [6.45, 7) is 2.66. The van der Waals surface area contributed by atoms with Crippen LogP contribution in [-0.4, -0.2) is 41.1 Å². The van der Waals surface area contributed by atoms with Gasteiger partial charge in [-0.05, 0) is 54.0 Å². The number of carboxylic acid groups (broad SMARTS) is 1. The summed E-state index contributed by atoms with van der Waals surface area (Å²) in [6.07, 6.45) is 2.13. The van der Waals surface area contributed by atoms with Gasteiger partial charge in [0, 0.05) is 15.8 Å². The molecule has 0 radical (unpaired) electrons. The van der Waals surface area contributed by atoms with E-state index in [1.165, 1.54) is 11.8 Å². The number of aliphatic carboxylic acids is 1. The Kier molecular flexibility index (Phi) is 9.57. The van der Waals surface area contributed by atoms with E-state index in [1.807, 2.05) is 67.8 Å². The molecule has 0 fully saturated rings. The topological polar surface area (TPSA) is 75.6 Å². The molecule has 2 unspecified atom stereocenters. The first-order valence-electron chi connectivity index (χ1n) is 10.9. The minimum absolute atomic E-state index is 0.115. The van der Waals surface area contributed by atoms with Crippen molar-refractivity contribution in [2.75, 3.05) is 12.9 Å². The van der Waals surface area contributed by atoms with Gasteiger partial charge in [-0.25, -0.2) is 4.79 Å². The lowest BCUT2D eigenvalue weighted by Crippen LogP contribution is -2.43. The number of rotatable bonds is 11. The number of aryl methyl sites for hydroxylation is 1. The Hall–Kier alpha value is -2.80. The van der Waals surface area contributed by atoms with Gasteiger partial charge in [0.15, 0.2) is 0 Å². The first-order chi connectivity index (χ1) is 16.4. The molecule has 3 aromatic rings. The molecule has 0 aromatic heterocycles. The number of ether oxygens (including phenoxy) is 1. The molecular weight excluding hydrogens is 470 g/mol. The Labute approximate surface area is 209 Å². The normalized spacial score (nSPS) is 12.7. The predicted molar refractivity (Wildman–Crippen MR) is 139 cm³/mol. The standard InChI is InChI=1S/C27H28ClNO4S/c1-18-9-3-5-11-21(18)22-12-6-7-13-23(22)26(30)29-25(27(31)32)15-20(34-2)17-33-16-19-10-4-8-14-24(19)28/h3-14,20,25H,15-17H2,1-2H3,(H,29,30)(H,31,32). The number of carbonyl (C=O) groups excluding carboxylic acids is 1. The van der Waals surface area contributed by atoms with Crippen molar-refractivity contribution in [2.45, 2.75) is 31.2 Å². The average molecular weight is 498 g/mol. The number of benzene rings is 3. The van der Waals surface area contributed by atoms with E-state index in [0.717, 1.165) is 22.3 Å². The van der Waals surface area contributed by atoms with Crippen molar-refractivity contribution in [3.63, 3.8) is 0 Å². The number of hydrogen-bond acceptors (Lipinski definition) is 4. The molecule has 0 saturated heterocycles. The molecule has 0 spiro atoms. The first kappa shape index (κ1) is 25.8. The molecule has 7 heteroatoms. The van der Waals surface area contributed by atoms with Gasteiger partial charge < -0.3 is 15.2 Å². The van der Waals surface area contributed by atoms with Gasteiger partial charge in [0.05, 0.1) is 13.2 Å². The van der Waals surface area contributed by atoms with Gasteiger partial charge in [-0.15, -0.1) is 0 Å². The van der Waals surface area contributed by atoms with Gasteiger partial charge in [0.1, 0.15) is 6.04 Å². The third-order valence-electron chi connectivity index (χ3n) is 5.56.